The molecular formula is C49H55BBr3N13O5. The van der Waals surface area contributed by atoms with Crippen molar-refractivity contribution >= 4 is 102 Å². The van der Waals surface area contributed by atoms with E-state index in [0.717, 1.165) is 90.3 Å². The van der Waals surface area contributed by atoms with Crippen molar-refractivity contribution in [1.29, 1.82) is 0 Å². The van der Waals surface area contributed by atoms with Gasteiger partial charge in [0.25, 0.3) is 0 Å². The summed E-state index contributed by atoms with van der Waals surface area (Å²) in [6.07, 6.45) is 17.6. The fourth-order valence-electron chi connectivity index (χ4n) is 8.05. The highest BCUT2D eigenvalue weighted by atomic mass is 79.9. The topological polar surface area (TPSA) is 247 Å². The molecule has 0 aliphatic carbocycles. The van der Waals surface area contributed by atoms with E-state index in [4.69, 9.17) is 26.5 Å². The Morgan fingerprint density at radius 3 is 1.61 bits per heavy atom. The molecular weight excluding hydrogens is 1100 g/mol. The molecule has 7 N–H and O–H groups in total. The Labute approximate surface area is 438 Å². The van der Waals surface area contributed by atoms with Crippen molar-refractivity contribution in [3.63, 3.8) is 0 Å². The highest BCUT2D eigenvalue weighted by Crippen LogP contribution is 2.37. The van der Waals surface area contributed by atoms with Crippen LogP contribution in [-0.2, 0) is 35.0 Å². The van der Waals surface area contributed by atoms with Crippen LogP contribution in [0.3, 0.4) is 0 Å². The highest BCUT2D eigenvalue weighted by Gasteiger charge is 2.52. The molecule has 11 rings (SSSR count). The fraction of sp³-hybridized carbons (Fsp3) is 0.327. The van der Waals surface area contributed by atoms with Crippen molar-refractivity contribution in [3.05, 3.63) is 133 Å². The van der Waals surface area contributed by atoms with Gasteiger partial charge in [-0.15, -0.1) is 0 Å². The van der Waals surface area contributed by atoms with Crippen molar-refractivity contribution in [1.82, 2.24) is 29.9 Å². The maximum Gasteiger partial charge on any atom is 0.496 e. The van der Waals surface area contributed by atoms with Crippen LogP contribution in [0.4, 0.5) is 37.7 Å². The first-order chi connectivity index (χ1) is 33.7. The molecule has 6 aromatic heterocycles. The van der Waals surface area contributed by atoms with E-state index in [1.54, 1.807) is 37.2 Å². The molecule has 0 spiro atoms. The standard InChI is InChI=1S/C14H20BN3O3.C14H14N4O.C8H8BrN3O.C7H7BrN2.C6H6BrN/c1-13(2)14(3,4)21-15(20-13)10-7-9-5-6-18(12(16)19)11(9)17-8-10;1-9-2-4-16-8-12(9)11-6-10-3-5-18(14(15)19)13(10)17-7-11;9-6-3-5-1-2-12(8(10)13)7(5)11-4-6;8-6-3-5-1-2-9-7(5)10-4-6;1-5-2-3-8-4-6(5)7/h7-8H,5-6H2,1-4H3,(H2,16,19);2,4,6-8H,3,5H2,1H3,(H2,15,19);3-4H,1-2H2,(H2,10,13);3-4H,1-2H2,(H,9,10);2-4H,1H3. The van der Waals surface area contributed by atoms with Gasteiger partial charge in [-0.05, 0) is 179 Å². The minimum Gasteiger partial charge on any atom is -0.399 e. The van der Waals surface area contributed by atoms with E-state index >= 15 is 0 Å². The predicted octanol–water partition coefficient (Wildman–Crippen LogP) is 7.97. The van der Waals surface area contributed by atoms with E-state index in [1.165, 1.54) is 25.8 Å². The van der Waals surface area contributed by atoms with Crippen molar-refractivity contribution in [3.8, 4) is 11.1 Å². The first-order valence-electron chi connectivity index (χ1n) is 22.8. The molecule has 0 aromatic carbocycles. The minimum atomic E-state index is -0.468. The number of urea groups is 3. The zero-order chi connectivity index (χ0) is 51.2. The first-order valence-corrected chi connectivity index (χ1v) is 25.1. The number of nitrogens with zero attached hydrogens (tertiary/aromatic N) is 9. The maximum atomic E-state index is 11.3. The number of rotatable bonds is 2. The maximum absolute atomic E-state index is 11.3. The fourth-order valence-corrected chi connectivity index (χ4v) is 9.06. The third-order valence-electron chi connectivity index (χ3n) is 12.7. The number of halogens is 3. The van der Waals surface area contributed by atoms with E-state index in [-0.39, 0.29) is 11.2 Å². The van der Waals surface area contributed by atoms with Gasteiger partial charge in [0.2, 0.25) is 0 Å². The van der Waals surface area contributed by atoms with Gasteiger partial charge in [-0.2, -0.15) is 0 Å². The highest BCUT2D eigenvalue weighted by molar-refractivity contribution is 9.11. The molecule has 71 heavy (non-hydrogen) atoms. The third kappa shape index (κ3) is 12.5. The van der Waals surface area contributed by atoms with Crippen LogP contribution in [0.1, 0.15) is 61.1 Å². The van der Waals surface area contributed by atoms with Gasteiger partial charge in [-0.3, -0.25) is 24.7 Å². The second-order valence-electron chi connectivity index (χ2n) is 18.1. The van der Waals surface area contributed by atoms with Gasteiger partial charge >= 0.3 is 25.2 Å². The lowest BCUT2D eigenvalue weighted by molar-refractivity contribution is 0.00578. The van der Waals surface area contributed by atoms with E-state index in [9.17, 15) is 14.4 Å². The smallest absolute Gasteiger partial charge is 0.399 e. The Bertz CT molecular complexity index is 2910. The van der Waals surface area contributed by atoms with Crippen LogP contribution in [0, 0.1) is 13.8 Å². The number of hydrogen-bond donors (Lipinski definition) is 4. The van der Waals surface area contributed by atoms with Gasteiger partial charge in [-0.25, -0.2) is 34.3 Å². The summed E-state index contributed by atoms with van der Waals surface area (Å²) < 4.78 is 15.1. The lowest BCUT2D eigenvalue weighted by atomic mass is 9.79. The Balaban J connectivity index is 0.000000136. The molecule has 22 heteroatoms. The number of hydrogen-bond acceptors (Lipinski definition) is 12. The van der Waals surface area contributed by atoms with Crippen LogP contribution in [0.5, 0.6) is 0 Å². The molecule has 6 aromatic rings. The summed E-state index contributed by atoms with van der Waals surface area (Å²) in [6.45, 7) is 15.0. The van der Waals surface area contributed by atoms with Gasteiger partial charge in [0.15, 0.2) is 0 Å². The SMILES string of the molecule is Brc1cnc2c(c1)CCN2.CC1(C)OB(c2cnc3c(c2)CCN3C(N)=O)OC1(C)C.Cc1ccncc1-c1cnc2c(c1)CCN2C(N)=O.Cc1ccncc1Br.NC(=O)N1CCc2cc(Br)cnc21. The van der Waals surface area contributed by atoms with E-state index in [2.05, 4.69) is 95.1 Å². The monoisotopic (exact) mass is 1150 g/mol. The number of aryl methyl sites for hydroxylation is 2. The number of nitrogens with one attached hydrogen (secondary N) is 1. The summed E-state index contributed by atoms with van der Waals surface area (Å²) in [5.41, 5.74) is 24.9. The quantitative estimate of drug-likeness (QED) is 0.121. The molecule has 6 amide bonds. The number of anilines is 4. The van der Waals surface area contributed by atoms with Gasteiger partial charge in [-0.1, -0.05) is 6.07 Å². The van der Waals surface area contributed by atoms with Gasteiger partial charge in [0.05, 0.1) is 11.2 Å². The van der Waals surface area contributed by atoms with Crippen molar-refractivity contribution in [2.75, 3.05) is 46.2 Å². The largest absolute Gasteiger partial charge is 0.496 e. The Morgan fingerprint density at radius 2 is 1.08 bits per heavy atom. The third-order valence-corrected chi connectivity index (χ3v) is 14.4. The molecule has 0 bridgehead atoms. The summed E-state index contributed by atoms with van der Waals surface area (Å²) in [7, 11) is -0.435. The molecule has 5 aliphatic rings. The Hall–Kier alpha value is -6.07. The van der Waals surface area contributed by atoms with E-state index in [0.29, 0.717) is 37.1 Å². The molecule has 0 unspecified atom stereocenters. The summed E-state index contributed by atoms with van der Waals surface area (Å²) >= 11 is 10.0. The van der Waals surface area contributed by atoms with Crippen LogP contribution in [0.2, 0.25) is 0 Å². The number of amides is 6. The molecule has 0 radical (unpaired) electrons. The first kappa shape index (κ1) is 52.8. The van der Waals surface area contributed by atoms with Crippen molar-refractivity contribution in [2.24, 2.45) is 17.2 Å². The van der Waals surface area contributed by atoms with Crippen molar-refractivity contribution in [2.45, 2.75) is 78.4 Å². The summed E-state index contributed by atoms with van der Waals surface area (Å²) in [5.74, 6) is 3.06. The van der Waals surface area contributed by atoms with Gasteiger partial charge in [0.1, 0.15) is 23.3 Å². The predicted molar refractivity (Wildman–Crippen MR) is 287 cm³/mol. The second kappa shape index (κ2) is 22.6. The number of fused-ring (bicyclic) bond motifs is 4. The molecule has 0 atom stereocenters. The van der Waals surface area contributed by atoms with E-state index < -0.39 is 25.2 Å². The van der Waals surface area contributed by atoms with Crippen LogP contribution < -0.4 is 42.7 Å². The number of carbonyl (C=O) groups is 3. The van der Waals surface area contributed by atoms with Crippen LogP contribution >= 0.6 is 47.8 Å². The molecule has 370 valence electrons. The van der Waals surface area contributed by atoms with Crippen molar-refractivity contribution < 1.29 is 23.7 Å². The number of aromatic nitrogens is 6. The molecule has 1 saturated heterocycles. The normalized spacial score (nSPS) is 16.0. The molecule has 1 fully saturated rings. The zero-order valence-corrected chi connectivity index (χ0v) is 45.0. The summed E-state index contributed by atoms with van der Waals surface area (Å²) in [6, 6.07) is 10.7. The Kier molecular flexibility index (Phi) is 16.8. The molecule has 18 nitrogen and oxygen atoms in total. The average molecular weight is 1160 g/mol. The minimum absolute atomic E-state index is 0.379. The Morgan fingerprint density at radius 1 is 0.606 bits per heavy atom. The molecule has 0 saturated carbocycles. The van der Waals surface area contributed by atoms with Gasteiger partial charge < -0.3 is 31.8 Å². The number of primary amides is 3. The lowest BCUT2D eigenvalue weighted by Crippen LogP contribution is -2.41. The molecule has 5 aliphatic heterocycles. The number of nitrogens with two attached hydrogens (primary N) is 3. The molecule has 11 heterocycles. The van der Waals surface area contributed by atoms with E-state index in [1.807, 2.05) is 78.2 Å². The van der Waals surface area contributed by atoms with Crippen LogP contribution in [-0.4, -0.2) is 92.5 Å². The average Bonchev–Trinajstić information content (AvgIpc) is 4.18. The number of carbonyl (C=O) groups excluding carboxylic acids is 3. The number of pyridine rings is 6. The zero-order valence-electron chi connectivity index (χ0n) is 40.2. The lowest BCUT2D eigenvalue weighted by Gasteiger charge is -2.32. The van der Waals surface area contributed by atoms with Gasteiger partial charge in [0, 0.05) is 106 Å². The summed E-state index contributed by atoms with van der Waals surface area (Å²) in [5, 5.41) is 3.20. The second-order valence-corrected chi connectivity index (χ2v) is 20.7. The van der Waals surface area contributed by atoms with Crippen LogP contribution in [0.25, 0.3) is 11.1 Å². The van der Waals surface area contributed by atoms with Crippen LogP contribution in [0.15, 0.2) is 99.4 Å². The summed E-state index contributed by atoms with van der Waals surface area (Å²) in [4.78, 5) is 63.2.